The number of hydrogen-bond donors (Lipinski definition) is 1. The van der Waals surface area contributed by atoms with Gasteiger partial charge in [-0.3, -0.25) is 4.90 Å². The van der Waals surface area contributed by atoms with Crippen LogP contribution in [0, 0.1) is 11.8 Å². The summed E-state index contributed by atoms with van der Waals surface area (Å²) in [6.45, 7) is 9.17. The Kier molecular flexibility index (Phi) is 4.97. The van der Waals surface area contributed by atoms with Gasteiger partial charge in [0.1, 0.15) is 0 Å². The standard InChI is InChI=1S/C19H30N2/c1-15(2)20-11-16-3-5-17(6-4-16)12-21(13-18-7-8-18)14-19-9-10-19/h3-6,15,18-20H,7-14H2,1-2H3. The van der Waals surface area contributed by atoms with Gasteiger partial charge < -0.3 is 5.32 Å². The van der Waals surface area contributed by atoms with Gasteiger partial charge in [-0.2, -0.15) is 0 Å². The van der Waals surface area contributed by atoms with Crippen molar-refractivity contribution in [1.82, 2.24) is 10.2 Å². The first-order valence-electron chi connectivity index (χ1n) is 8.72. The molecule has 2 fully saturated rings. The molecule has 0 heterocycles. The lowest BCUT2D eigenvalue weighted by molar-refractivity contribution is 0.244. The Morgan fingerprint density at radius 1 is 0.952 bits per heavy atom. The summed E-state index contributed by atoms with van der Waals surface area (Å²) in [5, 5.41) is 3.48. The molecule has 0 amide bonds. The zero-order valence-electron chi connectivity index (χ0n) is 13.6. The summed E-state index contributed by atoms with van der Waals surface area (Å²) in [7, 11) is 0. The van der Waals surface area contributed by atoms with Crippen molar-refractivity contribution in [3.05, 3.63) is 35.4 Å². The SMILES string of the molecule is CC(C)NCc1ccc(CN(CC2CC2)CC2CC2)cc1. The van der Waals surface area contributed by atoms with Crippen LogP contribution in [-0.4, -0.2) is 24.0 Å². The summed E-state index contributed by atoms with van der Waals surface area (Å²) in [4.78, 5) is 2.71. The third kappa shape index (κ3) is 5.44. The van der Waals surface area contributed by atoms with Crippen LogP contribution in [0.25, 0.3) is 0 Å². The lowest BCUT2D eigenvalue weighted by Crippen LogP contribution is -2.27. The minimum atomic E-state index is 0.553. The number of rotatable bonds is 9. The molecule has 1 N–H and O–H groups in total. The van der Waals surface area contributed by atoms with Gasteiger partial charge in [0.05, 0.1) is 0 Å². The molecular weight excluding hydrogens is 256 g/mol. The summed E-state index contributed by atoms with van der Waals surface area (Å²) in [6, 6.07) is 9.78. The summed E-state index contributed by atoms with van der Waals surface area (Å²) in [5.41, 5.74) is 2.87. The molecule has 2 nitrogen and oxygen atoms in total. The third-order valence-corrected chi connectivity index (χ3v) is 4.57. The van der Waals surface area contributed by atoms with Crippen molar-refractivity contribution in [1.29, 1.82) is 0 Å². The normalized spacial score (nSPS) is 18.7. The van der Waals surface area contributed by atoms with Crippen molar-refractivity contribution in [3.8, 4) is 0 Å². The molecule has 21 heavy (non-hydrogen) atoms. The predicted octanol–water partition coefficient (Wildman–Crippen LogP) is 3.81. The molecule has 0 radical (unpaired) electrons. The average molecular weight is 286 g/mol. The zero-order valence-corrected chi connectivity index (χ0v) is 13.6. The summed E-state index contributed by atoms with van der Waals surface area (Å²) in [6.07, 6.45) is 5.84. The fourth-order valence-electron chi connectivity index (χ4n) is 2.88. The van der Waals surface area contributed by atoms with E-state index in [0.29, 0.717) is 6.04 Å². The third-order valence-electron chi connectivity index (χ3n) is 4.57. The van der Waals surface area contributed by atoms with Crippen molar-refractivity contribution in [2.45, 2.75) is 58.7 Å². The summed E-state index contributed by atoms with van der Waals surface area (Å²) < 4.78 is 0. The molecule has 1 aromatic carbocycles. The highest BCUT2D eigenvalue weighted by Crippen LogP contribution is 2.34. The largest absolute Gasteiger partial charge is 0.310 e. The van der Waals surface area contributed by atoms with E-state index in [2.05, 4.69) is 48.3 Å². The number of hydrogen-bond acceptors (Lipinski definition) is 2. The Morgan fingerprint density at radius 2 is 1.48 bits per heavy atom. The maximum Gasteiger partial charge on any atom is 0.0233 e. The first kappa shape index (κ1) is 15.1. The van der Waals surface area contributed by atoms with Crippen LogP contribution in [0.1, 0.15) is 50.7 Å². The molecule has 0 aromatic heterocycles. The Morgan fingerprint density at radius 3 is 1.95 bits per heavy atom. The van der Waals surface area contributed by atoms with E-state index < -0.39 is 0 Å². The van der Waals surface area contributed by atoms with Gasteiger partial charge in [0.15, 0.2) is 0 Å². The minimum Gasteiger partial charge on any atom is -0.310 e. The molecule has 1 aromatic rings. The van der Waals surface area contributed by atoms with Crippen LogP contribution in [0.15, 0.2) is 24.3 Å². The molecule has 116 valence electrons. The maximum atomic E-state index is 3.48. The molecule has 2 saturated carbocycles. The Labute approximate surface area is 129 Å². The zero-order chi connectivity index (χ0) is 14.7. The van der Waals surface area contributed by atoms with Gasteiger partial charge in [-0.05, 0) is 48.6 Å². The van der Waals surface area contributed by atoms with Gasteiger partial charge in [-0.1, -0.05) is 38.1 Å². The topological polar surface area (TPSA) is 15.3 Å². The molecule has 0 aliphatic heterocycles. The van der Waals surface area contributed by atoms with Gasteiger partial charge in [0, 0.05) is 32.2 Å². The highest BCUT2D eigenvalue weighted by atomic mass is 15.1. The van der Waals surface area contributed by atoms with Crippen LogP contribution in [0.5, 0.6) is 0 Å². The molecule has 2 aliphatic carbocycles. The second kappa shape index (κ2) is 6.93. The monoisotopic (exact) mass is 286 g/mol. The fraction of sp³-hybridized carbons (Fsp3) is 0.684. The number of benzene rings is 1. The van der Waals surface area contributed by atoms with E-state index >= 15 is 0 Å². The molecule has 0 saturated heterocycles. The molecule has 0 spiro atoms. The van der Waals surface area contributed by atoms with Crippen LogP contribution >= 0.6 is 0 Å². The van der Waals surface area contributed by atoms with Gasteiger partial charge in [-0.25, -0.2) is 0 Å². The molecule has 0 bridgehead atoms. The van der Waals surface area contributed by atoms with Crippen LogP contribution < -0.4 is 5.32 Å². The molecule has 0 atom stereocenters. The lowest BCUT2D eigenvalue weighted by Gasteiger charge is -2.22. The van der Waals surface area contributed by atoms with Gasteiger partial charge in [-0.15, -0.1) is 0 Å². The Balaban J connectivity index is 1.51. The van der Waals surface area contributed by atoms with Gasteiger partial charge in [0.25, 0.3) is 0 Å². The van der Waals surface area contributed by atoms with Crippen LogP contribution in [0.4, 0.5) is 0 Å². The van der Waals surface area contributed by atoms with E-state index in [1.807, 2.05) is 0 Å². The van der Waals surface area contributed by atoms with E-state index in [0.717, 1.165) is 24.9 Å². The van der Waals surface area contributed by atoms with E-state index in [9.17, 15) is 0 Å². The Hall–Kier alpha value is -0.860. The fourth-order valence-corrected chi connectivity index (χ4v) is 2.88. The van der Waals surface area contributed by atoms with Gasteiger partial charge in [0.2, 0.25) is 0 Å². The average Bonchev–Trinajstić information content (AvgIpc) is 3.34. The second-order valence-corrected chi connectivity index (χ2v) is 7.43. The quantitative estimate of drug-likeness (QED) is 0.742. The van der Waals surface area contributed by atoms with Crippen molar-refractivity contribution in [3.63, 3.8) is 0 Å². The van der Waals surface area contributed by atoms with Gasteiger partial charge >= 0.3 is 0 Å². The number of nitrogens with one attached hydrogen (secondary N) is 1. The second-order valence-electron chi connectivity index (χ2n) is 7.43. The van der Waals surface area contributed by atoms with Crippen LogP contribution in [-0.2, 0) is 13.1 Å². The maximum absolute atomic E-state index is 3.48. The van der Waals surface area contributed by atoms with E-state index in [1.165, 1.54) is 49.9 Å². The lowest BCUT2D eigenvalue weighted by atomic mass is 10.1. The van der Waals surface area contributed by atoms with E-state index in [4.69, 9.17) is 0 Å². The smallest absolute Gasteiger partial charge is 0.0233 e. The van der Waals surface area contributed by atoms with Crippen molar-refractivity contribution >= 4 is 0 Å². The predicted molar refractivity (Wildman–Crippen MR) is 89.1 cm³/mol. The van der Waals surface area contributed by atoms with Crippen molar-refractivity contribution in [2.24, 2.45) is 11.8 Å². The molecule has 3 rings (SSSR count). The van der Waals surface area contributed by atoms with E-state index in [-0.39, 0.29) is 0 Å². The highest BCUT2D eigenvalue weighted by molar-refractivity contribution is 5.22. The Bertz CT molecular complexity index is 415. The minimum absolute atomic E-state index is 0.553. The number of nitrogens with zero attached hydrogens (tertiary/aromatic N) is 1. The molecule has 2 aliphatic rings. The molecular formula is C19H30N2. The van der Waals surface area contributed by atoms with Crippen LogP contribution in [0.3, 0.4) is 0 Å². The highest BCUT2D eigenvalue weighted by Gasteiger charge is 2.29. The first-order chi connectivity index (χ1) is 10.2. The van der Waals surface area contributed by atoms with Crippen molar-refractivity contribution in [2.75, 3.05) is 13.1 Å². The summed E-state index contributed by atoms with van der Waals surface area (Å²) in [5.74, 6) is 2.00. The van der Waals surface area contributed by atoms with E-state index in [1.54, 1.807) is 0 Å². The molecule has 0 unspecified atom stereocenters. The van der Waals surface area contributed by atoms with Crippen molar-refractivity contribution < 1.29 is 0 Å². The summed E-state index contributed by atoms with van der Waals surface area (Å²) >= 11 is 0. The van der Waals surface area contributed by atoms with Crippen LogP contribution in [0.2, 0.25) is 0 Å². The molecule has 2 heteroatoms. The first-order valence-corrected chi connectivity index (χ1v) is 8.72.